The summed E-state index contributed by atoms with van der Waals surface area (Å²) in [6.07, 6.45) is 0. The van der Waals surface area contributed by atoms with Crippen LogP contribution in [0.4, 0.5) is 0 Å². The molecule has 0 heterocycles. The minimum absolute atomic E-state index is 0.0551. The molecule has 0 aromatic heterocycles. The van der Waals surface area contributed by atoms with E-state index in [1.165, 1.54) is 0 Å². The second-order valence-electron chi connectivity index (χ2n) is 6.80. The van der Waals surface area contributed by atoms with Crippen molar-refractivity contribution in [3.05, 3.63) is 29.8 Å². The monoisotopic (exact) mass is 306 g/mol. The fourth-order valence-electron chi connectivity index (χ4n) is 2.13. The van der Waals surface area contributed by atoms with Crippen LogP contribution >= 0.6 is 0 Å². The molecular formula is C18H30N2O2. The minimum atomic E-state index is -0.407. The Balaban J connectivity index is 2.70. The largest absolute Gasteiger partial charge is 0.493 e. The number of rotatable bonds is 8. The lowest BCUT2D eigenvalue weighted by Gasteiger charge is -2.28. The van der Waals surface area contributed by atoms with Crippen molar-refractivity contribution in [2.24, 2.45) is 11.8 Å². The van der Waals surface area contributed by atoms with Crippen molar-refractivity contribution in [2.45, 2.75) is 40.2 Å². The smallest absolute Gasteiger partial charge is 0.224 e. The van der Waals surface area contributed by atoms with Gasteiger partial charge in [-0.15, -0.1) is 0 Å². The Hall–Kier alpha value is -1.55. The Morgan fingerprint density at radius 3 is 2.27 bits per heavy atom. The zero-order valence-electron chi connectivity index (χ0n) is 14.7. The number of hydrogen-bond acceptors (Lipinski definition) is 3. The summed E-state index contributed by atoms with van der Waals surface area (Å²) in [5, 5.41) is 6.13. The van der Waals surface area contributed by atoms with Crippen molar-refractivity contribution in [1.82, 2.24) is 10.6 Å². The minimum Gasteiger partial charge on any atom is -0.493 e. The van der Waals surface area contributed by atoms with Crippen LogP contribution in [-0.4, -0.2) is 26.1 Å². The maximum atomic E-state index is 12.2. The van der Waals surface area contributed by atoms with E-state index in [4.69, 9.17) is 4.74 Å². The van der Waals surface area contributed by atoms with Gasteiger partial charge in [0.15, 0.2) is 0 Å². The molecule has 1 amide bonds. The first-order chi connectivity index (χ1) is 10.3. The topological polar surface area (TPSA) is 50.4 Å². The lowest BCUT2D eigenvalue weighted by molar-refractivity contribution is -0.126. The van der Waals surface area contributed by atoms with Crippen LogP contribution in [0.25, 0.3) is 0 Å². The normalized spacial score (nSPS) is 13.0. The van der Waals surface area contributed by atoms with Gasteiger partial charge in [0.1, 0.15) is 5.75 Å². The summed E-state index contributed by atoms with van der Waals surface area (Å²) in [5.74, 6) is 1.37. The molecule has 1 aromatic rings. The Kier molecular flexibility index (Phi) is 6.88. The highest BCUT2D eigenvalue weighted by molar-refractivity contribution is 5.79. The van der Waals surface area contributed by atoms with Crippen molar-refractivity contribution < 1.29 is 9.53 Å². The van der Waals surface area contributed by atoms with E-state index in [1.807, 2.05) is 52.1 Å². The summed E-state index contributed by atoms with van der Waals surface area (Å²) < 4.78 is 5.69. The van der Waals surface area contributed by atoms with Crippen LogP contribution in [0, 0.1) is 11.8 Å². The zero-order chi connectivity index (χ0) is 16.8. The second-order valence-corrected chi connectivity index (χ2v) is 6.80. The van der Waals surface area contributed by atoms with Gasteiger partial charge in [-0.05, 0) is 44.5 Å². The van der Waals surface area contributed by atoms with E-state index >= 15 is 0 Å². The maximum absolute atomic E-state index is 12.2. The number of nitrogens with one attached hydrogen (secondary N) is 2. The Bertz CT molecular complexity index is 466. The van der Waals surface area contributed by atoms with Gasteiger partial charge >= 0.3 is 0 Å². The molecule has 1 rings (SSSR count). The summed E-state index contributed by atoms with van der Waals surface area (Å²) in [7, 11) is 1.85. The maximum Gasteiger partial charge on any atom is 0.224 e. The molecule has 0 saturated heterocycles. The molecule has 2 N–H and O–H groups in total. The standard InChI is InChI=1S/C18H30N2O2/c1-13(2)12-22-16-9-7-15(8-10-16)18(4,5)20-17(21)14(3)11-19-6/h7-10,13-14,19H,11-12H2,1-6H3,(H,20,21). The van der Waals surface area contributed by atoms with Gasteiger partial charge in [-0.25, -0.2) is 0 Å². The van der Waals surface area contributed by atoms with Gasteiger partial charge in [-0.2, -0.15) is 0 Å². The van der Waals surface area contributed by atoms with Crippen molar-refractivity contribution in [2.75, 3.05) is 20.2 Å². The fourth-order valence-corrected chi connectivity index (χ4v) is 2.13. The van der Waals surface area contributed by atoms with E-state index < -0.39 is 5.54 Å². The van der Waals surface area contributed by atoms with Crippen LogP contribution < -0.4 is 15.4 Å². The predicted molar refractivity (Wildman–Crippen MR) is 91.0 cm³/mol. The van der Waals surface area contributed by atoms with Crippen LogP contribution in [-0.2, 0) is 10.3 Å². The molecule has 0 aliphatic rings. The lowest BCUT2D eigenvalue weighted by Crippen LogP contribution is -2.45. The first-order valence-electron chi connectivity index (χ1n) is 7.96. The van der Waals surface area contributed by atoms with E-state index in [2.05, 4.69) is 24.5 Å². The van der Waals surface area contributed by atoms with Gasteiger partial charge in [0.05, 0.1) is 12.1 Å². The molecule has 22 heavy (non-hydrogen) atoms. The van der Waals surface area contributed by atoms with Crippen molar-refractivity contribution in [3.8, 4) is 5.75 Å². The quantitative estimate of drug-likeness (QED) is 0.776. The molecular weight excluding hydrogens is 276 g/mol. The Labute approximate surface area is 134 Å². The number of amides is 1. The van der Waals surface area contributed by atoms with Crippen molar-refractivity contribution in [3.63, 3.8) is 0 Å². The zero-order valence-corrected chi connectivity index (χ0v) is 14.7. The lowest BCUT2D eigenvalue weighted by atomic mass is 9.93. The molecule has 0 fully saturated rings. The van der Waals surface area contributed by atoms with Crippen LogP contribution in [0.5, 0.6) is 5.75 Å². The first kappa shape index (κ1) is 18.5. The van der Waals surface area contributed by atoms with E-state index in [-0.39, 0.29) is 11.8 Å². The third-order valence-electron chi connectivity index (χ3n) is 3.55. The average molecular weight is 306 g/mol. The van der Waals surface area contributed by atoms with E-state index in [9.17, 15) is 4.79 Å². The molecule has 0 radical (unpaired) electrons. The molecule has 1 aromatic carbocycles. The highest BCUT2D eigenvalue weighted by Crippen LogP contribution is 2.23. The highest BCUT2D eigenvalue weighted by Gasteiger charge is 2.25. The molecule has 1 atom stereocenters. The molecule has 0 aliphatic heterocycles. The number of carbonyl (C=O) groups is 1. The molecule has 4 nitrogen and oxygen atoms in total. The third-order valence-corrected chi connectivity index (χ3v) is 3.55. The van der Waals surface area contributed by atoms with Crippen LogP contribution in [0.2, 0.25) is 0 Å². The van der Waals surface area contributed by atoms with Gasteiger partial charge < -0.3 is 15.4 Å². The molecule has 0 saturated carbocycles. The number of benzene rings is 1. The molecule has 0 aliphatic carbocycles. The summed E-state index contributed by atoms with van der Waals surface area (Å²) in [4.78, 5) is 12.2. The summed E-state index contributed by atoms with van der Waals surface area (Å²) in [6, 6.07) is 7.95. The second kappa shape index (κ2) is 8.18. The third kappa shape index (κ3) is 5.68. The molecule has 0 spiro atoms. The molecule has 1 unspecified atom stereocenters. The molecule has 4 heteroatoms. The first-order valence-corrected chi connectivity index (χ1v) is 7.96. The van der Waals surface area contributed by atoms with Crippen LogP contribution in [0.15, 0.2) is 24.3 Å². The van der Waals surface area contributed by atoms with Crippen molar-refractivity contribution >= 4 is 5.91 Å². The predicted octanol–water partition coefficient (Wildman–Crippen LogP) is 2.93. The summed E-state index contributed by atoms with van der Waals surface area (Å²) in [6.45, 7) is 11.6. The van der Waals surface area contributed by atoms with Gasteiger partial charge in [0.25, 0.3) is 0 Å². The Morgan fingerprint density at radius 1 is 1.18 bits per heavy atom. The summed E-state index contributed by atoms with van der Waals surface area (Å²) in [5.41, 5.74) is 0.657. The number of carbonyl (C=O) groups excluding carboxylic acids is 1. The molecule has 0 bridgehead atoms. The van der Waals surface area contributed by atoms with Crippen molar-refractivity contribution in [1.29, 1.82) is 0 Å². The molecule has 124 valence electrons. The SMILES string of the molecule is CNCC(C)C(=O)NC(C)(C)c1ccc(OCC(C)C)cc1. The van der Waals surface area contributed by atoms with Gasteiger partial charge in [-0.3, -0.25) is 4.79 Å². The van der Waals surface area contributed by atoms with Gasteiger partial charge in [0.2, 0.25) is 5.91 Å². The Morgan fingerprint density at radius 2 is 1.77 bits per heavy atom. The highest BCUT2D eigenvalue weighted by atomic mass is 16.5. The average Bonchev–Trinajstić information content (AvgIpc) is 2.45. The van der Waals surface area contributed by atoms with E-state index in [0.717, 1.165) is 11.3 Å². The fraction of sp³-hybridized carbons (Fsp3) is 0.611. The van der Waals surface area contributed by atoms with E-state index in [0.29, 0.717) is 19.1 Å². The number of hydrogen-bond donors (Lipinski definition) is 2. The van der Waals surface area contributed by atoms with Crippen LogP contribution in [0.3, 0.4) is 0 Å². The van der Waals surface area contributed by atoms with E-state index in [1.54, 1.807) is 0 Å². The number of ether oxygens (including phenoxy) is 1. The summed E-state index contributed by atoms with van der Waals surface area (Å²) >= 11 is 0. The van der Waals surface area contributed by atoms with Gasteiger partial charge in [-0.1, -0.05) is 32.9 Å². The van der Waals surface area contributed by atoms with Gasteiger partial charge in [0, 0.05) is 12.5 Å². The van der Waals surface area contributed by atoms with Crippen LogP contribution in [0.1, 0.15) is 40.2 Å².